The topological polar surface area (TPSA) is 69.6 Å². The highest BCUT2D eigenvalue weighted by atomic mass is 15.5. The van der Waals surface area contributed by atoms with Crippen LogP contribution in [0.15, 0.2) is 0 Å². The molecule has 5 rings (SSSR count). The lowest BCUT2D eigenvalue weighted by Gasteiger charge is -2.54. The summed E-state index contributed by atoms with van der Waals surface area (Å²) in [4.78, 5) is 0. The van der Waals surface area contributed by atoms with E-state index in [9.17, 15) is 0 Å². The minimum Gasteiger partial charge on any atom is -0.329 e. The second-order valence-electron chi connectivity index (χ2n) is 6.91. The normalized spacial score (nSPS) is 39.9. The molecule has 0 aromatic carbocycles. The lowest BCUT2D eigenvalue weighted by molar-refractivity contribution is -0.0370. The zero-order chi connectivity index (χ0) is 12.8. The van der Waals surface area contributed by atoms with Gasteiger partial charge in [0.15, 0.2) is 5.82 Å². The average molecular weight is 261 g/mol. The SMILES string of the molecule is NCCn1nnnc1CC1C2CC3CC(C2)CC1C3. The summed E-state index contributed by atoms with van der Waals surface area (Å²) in [6.07, 6.45) is 8.46. The van der Waals surface area contributed by atoms with Gasteiger partial charge in [-0.2, -0.15) is 0 Å². The summed E-state index contributed by atoms with van der Waals surface area (Å²) in [7, 11) is 0. The summed E-state index contributed by atoms with van der Waals surface area (Å²) < 4.78 is 1.91. The molecule has 104 valence electrons. The summed E-state index contributed by atoms with van der Waals surface area (Å²) >= 11 is 0. The number of hydrogen-bond acceptors (Lipinski definition) is 4. The van der Waals surface area contributed by atoms with Gasteiger partial charge in [-0.3, -0.25) is 0 Å². The third-order valence-electron chi connectivity index (χ3n) is 5.79. The van der Waals surface area contributed by atoms with E-state index in [4.69, 9.17) is 5.73 Å². The molecule has 0 amide bonds. The summed E-state index contributed by atoms with van der Waals surface area (Å²) in [6, 6.07) is 0. The first-order valence-electron chi connectivity index (χ1n) is 7.78. The second kappa shape index (κ2) is 4.54. The molecule has 4 aliphatic carbocycles. The minimum atomic E-state index is 0.611. The van der Waals surface area contributed by atoms with Crippen LogP contribution in [0.3, 0.4) is 0 Å². The Morgan fingerprint density at radius 1 is 1.05 bits per heavy atom. The maximum atomic E-state index is 5.62. The van der Waals surface area contributed by atoms with E-state index in [-0.39, 0.29) is 0 Å². The first kappa shape index (κ1) is 11.8. The van der Waals surface area contributed by atoms with E-state index < -0.39 is 0 Å². The van der Waals surface area contributed by atoms with Crippen molar-refractivity contribution < 1.29 is 0 Å². The zero-order valence-corrected chi connectivity index (χ0v) is 11.4. The first-order valence-corrected chi connectivity index (χ1v) is 7.78. The van der Waals surface area contributed by atoms with E-state index in [0.29, 0.717) is 6.54 Å². The van der Waals surface area contributed by atoms with Crippen molar-refractivity contribution in [2.24, 2.45) is 35.3 Å². The lowest BCUT2D eigenvalue weighted by Crippen LogP contribution is -2.46. The molecule has 1 aromatic heterocycles. The number of tetrazole rings is 1. The van der Waals surface area contributed by atoms with Crippen molar-refractivity contribution in [3.63, 3.8) is 0 Å². The van der Waals surface area contributed by atoms with Gasteiger partial charge in [-0.15, -0.1) is 5.10 Å². The predicted octanol–water partition coefficient (Wildman–Crippen LogP) is 1.25. The van der Waals surface area contributed by atoms with Crippen molar-refractivity contribution in [2.45, 2.75) is 45.1 Å². The molecule has 2 N–H and O–H groups in total. The molecule has 4 bridgehead atoms. The van der Waals surface area contributed by atoms with Crippen LogP contribution in [0.2, 0.25) is 0 Å². The Morgan fingerprint density at radius 2 is 1.74 bits per heavy atom. The molecule has 1 aromatic rings. The fourth-order valence-electron chi connectivity index (χ4n) is 5.25. The molecule has 4 saturated carbocycles. The van der Waals surface area contributed by atoms with Gasteiger partial charge < -0.3 is 5.73 Å². The monoisotopic (exact) mass is 261 g/mol. The Labute approximate surface area is 113 Å². The summed E-state index contributed by atoms with van der Waals surface area (Å²) in [5, 5.41) is 12.1. The molecule has 19 heavy (non-hydrogen) atoms. The van der Waals surface area contributed by atoms with E-state index in [1.165, 1.54) is 32.1 Å². The molecule has 1 heterocycles. The van der Waals surface area contributed by atoms with Gasteiger partial charge in [-0.25, -0.2) is 4.68 Å². The highest BCUT2D eigenvalue weighted by molar-refractivity contribution is 5.01. The molecule has 4 fully saturated rings. The maximum absolute atomic E-state index is 5.62. The summed E-state index contributed by atoms with van der Waals surface area (Å²) in [5.74, 6) is 5.86. The minimum absolute atomic E-state index is 0.611. The first-order chi connectivity index (χ1) is 9.33. The molecular formula is C14H23N5. The molecule has 0 spiro atoms. The van der Waals surface area contributed by atoms with Crippen LogP contribution in [0.1, 0.15) is 37.9 Å². The Hall–Kier alpha value is -0.970. The maximum Gasteiger partial charge on any atom is 0.151 e. The van der Waals surface area contributed by atoms with Gasteiger partial charge in [0.2, 0.25) is 0 Å². The highest BCUT2D eigenvalue weighted by Crippen LogP contribution is 2.57. The second-order valence-corrected chi connectivity index (χ2v) is 6.91. The van der Waals surface area contributed by atoms with Gasteiger partial charge in [0, 0.05) is 13.0 Å². The number of rotatable bonds is 4. The van der Waals surface area contributed by atoms with E-state index in [1.807, 2.05) is 4.68 Å². The van der Waals surface area contributed by atoms with Gasteiger partial charge in [0.1, 0.15) is 0 Å². The van der Waals surface area contributed by atoms with Crippen molar-refractivity contribution in [2.75, 3.05) is 6.54 Å². The number of nitrogens with zero attached hydrogens (tertiary/aromatic N) is 4. The van der Waals surface area contributed by atoms with Crippen LogP contribution in [0.25, 0.3) is 0 Å². The van der Waals surface area contributed by atoms with Gasteiger partial charge in [-0.05, 0) is 72.1 Å². The third-order valence-corrected chi connectivity index (χ3v) is 5.79. The number of hydrogen-bond donors (Lipinski definition) is 1. The Balaban J connectivity index is 1.52. The third kappa shape index (κ3) is 1.98. The van der Waals surface area contributed by atoms with Crippen LogP contribution in [-0.4, -0.2) is 26.8 Å². The smallest absolute Gasteiger partial charge is 0.151 e. The van der Waals surface area contributed by atoms with Gasteiger partial charge in [0.05, 0.1) is 6.54 Å². The molecule has 5 nitrogen and oxygen atoms in total. The standard InChI is InChI=1S/C14H23N5/c15-1-2-19-14(16-17-18-19)8-13-11-4-9-3-10(6-11)7-12(13)5-9/h9-13H,1-8,15H2. The van der Waals surface area contributed by atoms with Crippen molar-refractivity contribution >= 4 is 0 Å². The van der Waals surface area contributed by atoms with Crippen molar-refractivity contribution in [1.29, 1.82) is 0 Å². The molecule has 0 radical (unpaired) electrons. The Kier molecular flexibility index (Phi) is 2.83. The zero-order valence-electron chi connectivity index (χ0n) is 11.4. The summed E-state index contributed by atoms with van der Waals surface area (Å²) in [6.45, 7) is 1.36. The van der Waals surface area contributed by atoms with Crippen LogP contribution >= 0.6 is 0 Å². The molecule has 0 aliphatic heterocycles. The molecule has 0 saturated heterocycles. The van der Waals surface area contributed by atoms with Crippen LogP contribution in [0, 0.1) is 29.6 Å². The van der Waals surface area contributed by atoms with E-state index in [1.54, 1.807) is 0 Å². The molecule has 0 unspecified atom stereocenters. The molecular weight excluding hydrogens is 238 g/mol. The Morgan fingerprint density at radius 3 is 2.37 bits per heavy atom. The average Bonchev–Trinajstić information content (AvgIpc) is 2.81. The van der Waals surface area contributed by atoms with Crippen molar-refractivity contribution in [3.8, 4) is 0 Å². The molecule has 5 heteroatoms. The largest absolute Gasteiger partial charge is 0.329 e. The highest BCUT2D eigenvalue weighted by Gasteiger charge is 2.48. The van der Waals surface area contributed by atoms with E-state index in [2.05, 4.69) is 15.5 Å². The van der Waals surface area contributed by atoms with Crippen LogP contribution in [-0.2, 0) is 13.0 Å². The number of nitrogens with two attached hydrogens (primary N) is 1. The quantitative estimate of drug-likeness (QED) is 0.885. The van der Waals surface area contributed by atoms with Crippen LogP contribution in [0.4, 0.5) is 0 Å². The van der Waals surface area contributed by atoms with E-state index in [0.717, 1.165) is 48.4 Å². The molecule has 4 aliphatic rings. The summed E-state index contributed by atoms with van der Waals surface area (Å²) in [5.41, 5.74) is 5.62. The van der Waals surface area contributed by atoms with Crippen molar-refractivity contribution in [3.05, 3.63) is 5.82 Å². The predicted molar refractivity (Wildman–Crippen MR) is 71.1 cm³/mol. The fraction of sp³-hybridized carbons (Fsp3) is 0.929. The fourth-order valence-corrected chi connectivity index (χ4v) is 5.25. The Bertz CT molecular complexity index is 426. The van der Waals surface area contributed by atoms with Crippen LogP contribution < -0.4 is 5.73 Å². The lowest BCUT2D eigenvalue weighted by atomic mass is 9.51. The van der Waals surface area contributed by atoms with Gasteiger partial charge in [-0.1, -0.05) is 0 Å². The van der Waals surface area contributed by atoms with Gasteiger partial charge >= 0.3 is 0 Å². The molecule has 0 atom stereocenters. The van der Waals surface area contributed by atoms with Crippen molar-refractivity contribution in [1.82, 2.24) is 20.2 Å². The number of aromatic nitrogens is 4. The van der Waals surface area contributed by atoms with E-state index >= 15 is 0 Å². The van der Waals surface area contributed by atoms with Crippen LogP contribution in [0.5, 0.6) is 0 Å². The van der Waals surface area contributed by atoms with Gasteiger partial charge in [0.25, 0.3) is 0 Å².